The Morgan fingerprint density at radius 1 is 1.07 bits per heavy atom. The zero-order valence-electron chi connectivity index (χ0n) is 15.8. The number of hydrogen-bond donors (Lipinski definition) is 3. The molecule has 30 heavy (non-hydrogen) atoms. The number of aromatic nitrogens is 1. The second kappa shape index (κ2) is 9.47. The molecule has 1 aromatic heterocycles. The van der Waals surface area contributed by atoms with Crippen molar-refractivity contribution in [3.63, 3.8) is 0 Å². The average Bonchev–Trinajstić information content (AvgIpc) is 2.76. The van der Waals surface area contributed by atoms with Crippen molar-refractivity contribution in [1.82, 2.24) is 10.3 Å². The zero-order valence-corrected chi connectivity index (χ0v) is 17.3. The lowest BCUT2D eigenvalue weighted by Gasteiger charge is -2.12. The number of hydrogen-bond acceptors (Lipinski definition) is 5. The SMILES string of the molecule is COc1ccccc1CNC(=O)c1ncccc1NC(=O)c1cc(Cl)c(O)c(Cl)c1. The molecule has 0 radical (unpaired) electrons. The van der Waals surface area contributed by atoms with Gasteiger partial charge in [-0.05, 0) is 30.3 Å². The summed E-state index contributed by atoms with van der Waals surface area (Å²) in [5.74, 6) is -0.703. The Hall–Kier alpha value is -3.29. The maximum Gasteiger partial charge on any atom is 0.272 e. The fourth-order valence-corrected chi connectivity index (χ4v) is 3.17. The number of aromatic hydroxyl groups is 1. The number of phenols is 1. The van der Waals surface area contributed by atoms with Crippen LogP contribution in [0.2, 0.25) is 10.0 Å². The number of rotatable bonds is 6. The molecule has 9 heteroatoms. The molecule has 0 aliphatic heterocycles. The predicted octanol–water partition coefficient (Wildman–Crippen LogP) is 4.28. The fraction of sp³-hybridized carbons (Fsp3) is 0.0952. The van der Waals surface area contributed by atoms with E-state index in [0.717, 1.165) is 5.56 Å². The van der Waals surface area contributed by atoms with Crippen LogP contribution in [0.1, 0.15) is 26.4 Å². The van der Waals surface area contributed by atoms with Gasteiger partial charge in [-0.2, -0.15) is 0 Å². The van der Waals surface area contributed by atoms with E-state index in [9.17, 15) is 14.7 Å². The molecule has 0 fully saturated rings. The maximum absolute atomic E-state index is 12.7. The van der Waals surface area contributed by atoms with Crippen LogP contribution in [0.5, 0.6) is 11.5 Å². The summed E-state index contributed by atoms with van der Waals surface area (Å²) in [5.41, 5.74) is 1.16. The van der Waals surface area contributed by atoms with Gasteiger partial charge in [0.15, 0.2) is 11.4 Å². The van der Waals surface area contributed by atoms with Crippen LogP contribution in [0.15, 0.2) is 54.7 Å². The van der Waals surface area contributed by atoms with E-state index in [2.05, 4.69) is 15.6 Å². The number of amides is 2. The molecular weight excluding hydrogens is 429 g/mol. The van der Waals surface area contributed by atoms with Gasteiger partial charge in [0.25, 0.3) is 11.8 Å². The number of phenolic OH excluding ortho intramolecular Hbond substituents is 1. The van der Waals surface area contributed by atoms with Crippen LogP contribution in [0, 0.1) is 0 Å². The summed E-state index contributed by atoms with van der Waals surface area (Å²) in [6.07, 6.45) is 1.45. The number of para-hydroxylation sites is 1. The average molecular weight is 446 g/mol. The third kappa shape index (κ3) is 4.82. The molecule has 3 N–H and O–H groups in total. The van der Waals surface area contributed by atoms with Gasteiger partial charge in [0.05, 0.1) is 22.8 Å². The molecule has 0 aliphatic rings. The van der Waals surface area contributed by atoms with Crippen LogP contribution in [0.4, 0.5) is 5.69 Å². The largest absolute Gasteiger partial charge is 0.505 e. The van der Waals surface area contributed by atoms with Crippen molar-refractivity contribution in [3.8, 4) is 11.5 Å². The number of halogens is 2. The molecule has 0 saturated heterocycles. The minimum Gasteiger partial charge on any atom is -0.505 e. The first-order chi connectivity index (χ1) is 14.4. The zero-order chi connectivity index (χ0) is 21.7. The molecule has 2 amide bonds. The number of benzene rings is 2. The number of ether oxygens (including phenoxy) is 1. The lowest BCUT2D eigenvalue weighted by atomic mass is 10.1. The highest BCUT2D eigenvalue weighted by atomic mass is 35.5. The molecule has 3 rings (SSSR count). The molecule has 0 spiro atoms. The Bertz CT molecular complexity index is 1080. The molecule has 154 valence electrons. The summed E-state index contributed by atoms with van der Waals surface area (Å²) in [4.78, 5) is 29.3. The molecule has 3 aromatic rings. The van der Waals surface area contributed by atoms with Gasteiger partial charge in [-0.3, -0.25) is 9.59 Å². The van der Waals surface area contributed by atoms with Gasteiger partial charge in [-0.1, -0.05) is 41.4 Å². The van der Waals surface area contributed by atoms with E-state index in [-0.39, 0.29) is 39.3 Å². The summed E-state index contributed by atoms with van der Waals surface area (Å²) in [7, 11) is 1.55. The molecule has 1 heterocycles. The second-order valence-electron chi connectivity index (χ2n) is 6.14. The lowest BCUT2D eigenvalue weighted by Crippen LogP contribution is -2.26. The minimum absolute atomic E-state index is 0.0386. The smallest absolute Gasteiger partial charge is 0.272 e. The van der Waals surface area contributed by atoms with Gasteiger partial charge in [0, 0.05) is 23.9 Å². The van der Waals surface area contributed by atoms with Crippen LogP contribution in [-0.4, -0.2) is 29.0 Å². The molecule has 0 unspecified atom stereocenters. The topological polar surface area (TPSA) is 101 Å². The standard InChI is InChI=1S/C21H17Cl2N3O4/c1-30-17-7-3-2-5-12(17)11-25-21(29)18-16(6-4-8-24-18)26-20(28)13-9-14(22)19(27)15(23)10-13/h2-10,27H,11H2,1H3,(H,25,29)(H,26,28). The number of methoxy groups -OCH3 is 1. The van der Waals surface area contributed by atoms with Gasteiger partial charge in [0.1, 0.15) is 5.75 Å². The van der Waals surface area contributed by atoms with Gasteiger partial charge < -0.3 is 20.5 Å². The molecule has 2 aromatic carbocycles. The van der Waals surface area contributed by atoms with Gasteiger partial charge >= 0.3 is 0 Å². The van der Waals surface area contributed by atoms with E-state index in [0.29, 0.717) is 5.75 Å². The molecule has 7 nitrogen and oxygen atoms in total. The summed E-state index contributed by atoms with van der Waals surface area (Å²) >= 11 is 11.7. The van der Waals surface area contributed by atoms with Crippen molar-refractivity contribution in [2.45, 2.75) is 6.54 Å². The van der Waals surface area contributed by atoms with Crippen LogP contribution >= 0.6 is 23.2 Å². The maximum atomic E-state index is 12.7. The summed E-state index contributed by atoms with van der Waals surface area (Å²) < 4.78 is 5.27. The van der Waals surface area contributed by atoms with E-state index in [1.807, 2.05) is 18.2 Å². The van der Waals surface area contributed by atoms with Crippen molar-refractivity contribution in [2.75, 3.05) is 12.4 Å². The van der Waals surface area contributed by atoms with Gasteiger partial charge in [0.2, 0.25) is 0 Å². The highest BCUT2D eigenvalue weighted by Gasteiger charge is 2.18. The molecule has 0 atom stereocenters. The Balaban J connectivity index is 1.77. The van der Waals surface area contributed by atoms with E-state index < -0.39 is 11.8 Å². The molecular formula is C21H17Cl2N3O4. The summed E-state index contributed by atoms with van der Waals surface area (Å²) in [6, 6.07) is 13.0. The highest BCUT2D eigenvalue weighted by Crippen LogP contribution is 2.33. The number of carbonyl (C=O) groups excluding carboxylic acids is 2. The fourth-order valence-electron chi connectivity index (χ4n) is 2.69. The Morgan fingerprint density at radius 2 is 1.77 bits per heavy atom. The summed E-state index contributed by atoms with van der Waals surface area (Å²) in [5, 5.41) is 14.9. The van der Waals surface area contributed by atoms with E-state index in [1.165, 1.54) is 18.3 Å². The first-order valence-corrected chi connectivity index (χ1v) is 9.50. The normalized spacial score (nSPS) is 10.4. The third-order valence-electron chi connectivity index (χ3n) is 4.18. The number of anilines is 1. The first kappa shape index (κ1) is 21.4. The van der Waals surface area contributed by atoms with E-state index in [1.54, 1.807) is 25.3 Å². The predicted molar refractivity (Wildman–Crippen MR) is 114 cm³/mol. The van der Waals surface area contributed by atoms with E-state index >= 15 is 0 Å². The molecule has 0 bridgehead atoms. The molecule has 0 saturated carbocycles. The highest BCUT2D eigenvalue weighted by molar-refractivity contribution is 6.37. The lowest BCUT2D eigenvalue weighted by molar-refractivity contribution is 0.0946. The van der Waals surface area contributed by atoms with E-state index in [4.69, 9.17) is 27.9 Å². The number of pyridine rings is 1. The van der Waals surface area contributed by atoms with Crippen LogP contribution in [0.25, 0.3) is 0 Å². The minimum atomic E-state index is -0.564. The van der Waals surface area contributed by atoms with Crippen LogP contribution < -0.4 is 15.4 Å². The van der Waals surface area contributed by atoms with Gasteiger partial charge in [-0.25, -0.2) is 4.98 Å². The van der Waals surface area contributed by atoms with Crippen molar-refractivity contribution in [2.24, 2.45) is 0 Å². The van der Waals surface area contributed by atoms with Crippen LogP contribution in [0.3, 0.4) is 0 Å². The number of carbonyl (C=O) groups is 2. The number of nitrogens with one attached hydrogen (secondary N) is 2. The molecule has 0 aliphatic carbocycles. The Morgan fingerprint density at radius 3 is 2.47 bits per heavy atom. The quantitative estimate of drug-likeness (QED) is 0.525. The monoisotopic (exact) mass is 445 g/mol. The van der Waals surface area contributed by atoms with Gasteiger partial charge in [-0.15, -0.1) is 0 Å². The van der Waals surface area contributed by atoms with Crippen LogP contribution in [-0.2, 0) is 6.54 Å². The van der Waals surface area contributed by atoms with Crippen molar-refractivity contribution in [3.05, 3.63) is 81.6 Å². The summed E-state index contributed by atoms with van der Waals surface area (Å²) in [6.45, 7) is 0.218. The third-order valence-corrected chi connectivity index (χ3v) is 4.76. The van der Waals surface area contributed by atoms with Crippen molar-refractivity contribution < 1.29 is 19.4 Å². The Kier molecular flexibility index (Phi) is 6.76. The number of nitrogens with zero attached hydrogens (tertiary/aromatic N) is 1. The first-order valence-electron chi connectivity index (χ1n) is 8.75. The van der Waals surface area contributed by atoms with Crippen molar-refractivity contribution in [1.29, 1.82) is 0 Å². The van der Waals surface area contributed by atoms with Crippen molar-refractivity contribution >= 4 is 40.7 Å². The second-order valence-corrected chi connectivity index (χ2v) is 6.95. The Labute approximate surface area is 182 Å².